The number of rotatable bonds is 3. The first kappa shape index (κ1) is 11.2. The van der Waals surface area contributed by atoms with E-state index in [1.165, 1.54) is 11.3 Å². The van der Waals surface area contributed by atoms with Crippen molar-refractivity contribution in [2.24, 2.45) is 0 Å². The summed E-state index contributed by atoms with van der Waals surface area (Å²) in [6.07, 6.45) is 1.65. The number of thiazole rings is 1. The summed E-state index contributed by atoms with van der Waals surface area (Å²) in [7, 11) is 0. The van der Waals surface area contributed by atoms with Gasteiger partial charge in [0.25, 0.3) is 11.8 Å². The number of anilines is 1. The molecule has 18 heavy (non-hydrogen) atoms. The van der Waals surface area contributed by atoms with Crippen LogP contribution in [0.15, 0.2) is 35.8 Å². The summed E-state index contributed by atoms with van der Waals surface area (Å²) in [6, 6.07) is 6.79. The van der Waals surface area contributed by atoms with Crippen LogP contribution in [-0.4, -0.2) is 21.1 Å². The summed E-state index contributed by atoms with van der Waals surface area (Å²) < 4.78 is 3.97. The van der Waals surface area contributed by atoms with E-state index in [4.69, 9.17) is 0 Å². The molecule has 0 saturated heterocycles. The first-order chi connectivity index (χ1) is 8.77. The highest BCUT2D eigenvalue weighted by molar-refractivity contribution is 7.99. The Labute approximate surface area is 111 Å². The van der Waals surface area contributed by atoms with Crippen molar-refractivity contribution in [3.8, 4) is 0 Å². The second kappa shape index (κ2) is 4.43. The average molecular weight is 277 g/mol. The molecule has 1 aliphatic rings. The zero-order valence-electron chi connectivity index (χ0n) is 8.99. The topological polar surface area (TPSA) is 62.3 Å². The van der Waals surface area contributed by atoms with Gasteiger partial charge in [-0.1, -0.05) is 12.1 Å². The summed E-state index contributed by atoms with van der Waals surface area (Å²) in [6.45, 7) is 0. The number of amides is 2. The molecule has 1 aliphatic heterocycles. The standard InChI is InChI=1S/C11H7N3O2S2/c15-9-7-3-1-2-4-8(7)10(16)14(9)18-13-11-12-5-6-17-11/h1-6H,(H,12,13). The third kappa shape index (κ3) is 1.77. The van der Waals surface area contributed by atoms with Crippen LogP contribution in [0.4, 0.5) is 5.13 Å². The van der Waals surface area contributed by atoms with Crippen LogP contribution in [0.2, 0.25) is 0 Å². The lowest BCUT2D eigenvalue weighted by atomic mass is 10.1. The maximum absolute atomic E-state index is 12.0. The van der Waals surface area contributed by atoms with Crippen molar-refractivity contribution >= 4 is 40.4 Å². The fourth-order valence-corrected chi connectivity index (χ4v) is 2.87. The zero-order chi connectivity index (χ0) is 12.5. The van der Waals surface area contributed by atoms with Crippen LogP contribution in [0, 0.1) is 0 Å². The Morgan fingerprint density at radius 2 is 1.83 bits per heavy atom. The molecular weight excluding hydrogens is 270 g/mol. The molecule has 0 radical (unpaired) electrons. The molecule has 2 amide bonds. The van der Waals surface area contributed by atoms with Gasteiger partial charge in [-0.05, 0) is 12.1 Å². The van der Waals surface area contributed by atoms with Crippen molar-refractivity contribution in [3.05, 3.63) is 47.0 Å². The maximum atomic E-state index is 12.0. The van der Waals surface area contributed by atoms with Crippen LogP contribution < -0.4 is 4.72 Å². The van der Waals surface area contributed by atoms with Crippen LogP contribution in [0.1, 0.15) is 20.7 Å². The average Bonchev–Trinajstić information content (AvgIpc) is 2.98. The predicted molar refractivity (Wildman–Crippen MR) is 70.3 cm³/mol. The van der Waals surface area contributed by atoms with Crippen LogP contribution in [0.3, 0.4) is 0 Å². The van der Waals surface area contributed by atoms with E-state index in [2.05, 4.69) is 9.71 Å². The largest absolute Gasteiger partial charge is 0.287 e. The second-order valence-corrected chi connectivity index (χ2v) is 5.13. The van der Waals surface area contributed by atoms with Crippen LogP contribution in [0.5, 0.6) is 0 Å². The SMILES string of the molecule is O=C1c2ccccc2C(=O)N1SNc1nccs1. The van der Waals surface area contributed by atoms with Gasteiger partial charge in [-0.25, -0.2) is 4.98 Å². The Morgan fingerprint density at radius 3 is 2.39 bits per heavy atom. The summed E-state index contributed by atoms with van der Waals surface area (Å²) in [5.41, 5.74) is 0.881. The van der Waals surface area contributed by atoms with Gasteiger partial charge in [-0.15, -0.1) is 11.3 Å². The van der Waals surface area contributed by atoms with E-state index in [-0.39, 0.29) is 11.8 Å². The zero-order valence-corrected chi connectivity index (χ0v) is 10.6. The van der Waals surface area contributed by atoms with E-state index in [1.54, 1.807) is 30.5 Å². The van der Waals surface area contributed by atoms with Gasteiger partial charge in [-0.2, -0.15) is 4.31 Å². The van der Waals surface area contributed by atoms with Crippen LogP contribution >= 0.6 is 23.5 Å². The van der Waals surface area contributed by atoms with Crippen LogP contribution in [0.25, 0.3) is 0 Å². The molecule has 1 aromatic carbocycles. The van der Waals surface area contributed by atoms with Crippen molar-refractivity contribution in [2.45, 2.75) is 0 Å². The molecule has 0 atom stereocenters. The van der Waals surface area contributed by atoms with Crippen molar-refractivity contribution in [3.63, 3.8) is 0 Å². The molecule has 3 rings (SSSR count). The van der Waals surface area contributed by atoms with Gasteiger partial charge in [0.15, 0.2) is 5.13 Å². The molecule has 5 nitrogen and oxygen atoms in total. The van der Waals surface area contributed by atoms with Gasteiger partial charge >= 0.3 is 0 Å². The summed E-state index contributed by atoms with van der Waals surface area (Å²) >= 11 is 2.35. The van der Waals surface area contributed by atoms with Gasteiger partial charge in [0.1, 0.15) is 0 Å². The third-order valence-corrected chi connectivity index (χ3v) is 4.03. The Balaban J connectivity index is 1.80. The molecule has 0 spiro atoms. The highest BCUT2D eigenvalue weighted by atomic mass is 32.2. The molecule has 0 unspecified atom stereocenters. The number of carbonyl (C=O) groups excluding carboxylic acids is 2. The van der Waals surface area contributed by atoms with E-state index in [1.807, 2.05) is 5.38 Å². The van der Waals surface area contributed by atoms with E-state index < -0.39 is 0 Å². The lowest BCUT2D eigenvalue weighted by Crippen LogP contribution is -2.23. The highest BCUT2D eigenvalue weighted by Crippen LogP contribution is 2.29. The molecular formula is C11H7N3O2S2. The fourth-order valence-electron chi connectivity index (χ4n) is 1.61. The van der Waals surface area contributed by atoms with E-state index >= 15 is 0 Å². The lowest BCUT2D eigenvalue weighted by molar-refractivity contribution is 0.0777. The molecule has 2 heterocycles. The number of imide groups is 1. The number of benzene rings is 1. The first-order valence-electron chi connectivity index (χ1n) is 5.07. The fraction of sp³-hybridized carbons (Fsp3) is 0. The molecule has 0 fully saturated rings. The van der Waals surface area contributed by atoms with E-state index in [0.717, 1.165) is 16.4 Å². The van der Waals surface area contributed by atoms with Crippen molar-refractivity contribution < 1.29 is 9.59 Å². The lowest BCUT2D eigenvalue weighted by Gasteiger charge is -2.11. The van der Waals surface area contributed by atoms with E-state index in [0.29, 0.717) is 16.3 Å². The number of nitrogens with zero attached hydrogens (tertiary/aromatic N) is 2. The van der Waals surface area contributed by atoms with Gasteiger partial charge in [-0.3, -0.25) is 14.3 Å². The second-order valence-electron chi connectivity index (χ2n) is 3.48. The number of fused-ring (bicyclic) bond motifs is 1. The van der Waals surface area contributed by atoms with Crippen molar-refractivity contribution in [1.82, 2.24) is 9.29 Å². The minimum Gasteiger partial charge on any atom is -0.287 e. The molecule has 1 aromatic heterocycles. The molecule has 0 bridgehead atoms. The molecule has 1 N–H and O–H groups in total. The molecule has 0 saturated carbocycles. The molecule has 0 aliphatic carbocycles. The van der Waals surface area contributed by atoms with Gasteiger partial charge in [0.05, 0.1) is 23.3 Å². The van der Waals surface area contributed by atoms with Gasteiger partial charge in [0.2, 0.25) is 0 Å². The Hall–Kier alpha value is -1.86. The summed E-state index contributed by atoms with van der Waals surface area (Å²) in [5.74, 6) is -0.602. The monoisotopic (exact) mass is 277 g/mol. The maximum Gasteiger partial charge on any atom is 0.273 e. The minimum absolute atomic E-state index is 0.301. The molecule has 7 heteroatoms. The normalized spacial score (nSPS) is 13.9. The Morgan fingerprint density at radius 1 is 1.17 bits per heavy atom. The Kier molecular flexibility index (Phi) is 2.77. The number of hydrogen-bond acceptors (Lipinski definition) is 6. The quantitative estimate of drug-likeness (QED) is 0.689. The summed E-state index contributed by atoms with van der Waals surface area (Å²) in [4.78, 5) is 28.0. The highest BCUT2D eigenvalue weighted by Gasteiger charge is 2.36. The van der Waals surface area contributed by atoms with Gasteiger partial charge < -0.3 is 0 Å². The van der Waals surface area contributed by atoms with E-state index in [9.17, 15) is 9.59 Å². The predicted octanol–water partition coefficient (Wildman–Crippen LogP) is 2.41. The number of hydrogen-bond donors (Lipinski definition) is 1. The first-order valence-corrected chi connectivity index (χ1v) is 6.73. The molecule has 2 aromatic rings. The smallest absolute Gasteiger partial charge is 0.273 e. The van der Waals surface area contributed by atoms with Crippen molar-refractivity contribution in [1.29, 1.82) is 0 Å². The minimum atomic E-state index is -0.301. The van der Waals surface area contributed by atoms with Gasteiger partial charge in [0, 0.05) is 11.6 Å². The number of nitrogens with one attached hydrogen (secondary N) is 1. The van der Waals surface area contributed by atoms with Crippen molar-refractivity contribution in [2.75, 3.05) is 4.72 Å². The number of carbonyl (C=O) groups is 2. The Bertz CT molecular complexity index is 578. The summed E-state index contributed by atoms with van der Waals surface area (Å²) in [5, 5.41) is 2.46. The van der Waals surface area contributed by atoms with Crippen LogP contribution in [-0.2, 0) is 0 Å². The third-order valence-electron chi connectivity index (χ3n) is 2.41. The molecule has 90 valence electrons. The number of aromatic nitrogens is 1.